The number of hydrogen-bond donors (Lipinski definition) is 1. The van der Waals surface area contributed by atoms with Crippen molar-refractivity contribution in [3.63, 3.8) is 0 Å². The standard InChI is InChI=1S/C20H26N2O4/c1-4-22-11-13-9-18(25-2)19(26-3)10-14(13)15(12-22)20(24)21-16-7-5-6-8-17(16)23/h9-10,12,16H,4-8,11H2,1-3H3,(H,21,24). The third-order valence-electron chi connectivity index (χ3n) is 5.10. The van der Waals surface area contributed by atoms with Crippen molar-refractivity contribution in [3.8, 4) is 11.5 Å². The molecule has 1 amide bonds. The smallest absolute Gasteiger partial charge is 0.253 e. The van der Waals surface area contributed by atoms with Gasteiger partial charge >= 0.3 is 0 Å². The fraction of sp³-hybridized carbons (Fsp3) is 0.500. The number of ketones is 1. The van der Waals surface area contributed by atoms with Crippen molar-refractivity contribution >= 4 is 17.3 Å². The predicted octanol–water partition coefficient (Wildman–Crippen LogP) is 2.51. The largest absolute Gasteiger partial charge is 0.493 e. The van der Waals surface area contributed by atoms with Gasteiger partial charge in [0.05, 0.1) is 25.8 Å². The van der Waals surface area contributed by atoms with Crippen molar-refractivity contribution in [2.45, 2.75) is 45.2 Å². The Bertz CT molecular complexity index is 742. The number of hydrogen-bond acceptors (Lipinski definition) is 5. The first-order valence-electron chi connectivity index (χ1n) is 9.12. The fourth-order valence-electron chi connectivity index (χ4n) is 3.57. The van der Waals surface area contributed by atoms with Gasteiger partial charge in [-0.2, -0.15) is 0 Å². The zero-order chi connectivity index (χ0) is 18.7. The molecule has 1 aromatic rings. The number of methoxy groups -OCH3 is 2. The fourth-order valence-corrected chi connectivity index (χ4v) is 3.57. The first-order valence-corrected chi connectivity index (χ1v) is 9.12. The van der Waals surface area contributed by atoms with E-state index in [-0.39, 0.29) is 17.7 Å². The topological polar surface area (TPSA) is 67.9 Å². The maximum atomic E-state index is 13.0. The van der Waals surface area contributed by atoms with Crippen molar-refractivity contribution in [3.05, 3.63) is 29.5 Å². The summed E-state index contributed by atoms with van der Waals surface area (Å²) >= 11 is 0. The summed E-state index contributed by atoms with van der Waals surface area (Å²) in [6.45, 7) is 3.53. The lowest BCUT2D eigenvalue weighted by molar-refractivity contribution is -0.126. The van der Waals surface area contributed by atoms with E-state index in [1.807, 2.05) is 25.3 Å². The van der Waals surface area contributed by atoms with Crippen LogP contribution in [0.2, 0.25) is 0 Å². The van der Waals surface area contributed by atoms with Crippen LogP contribution < -0.4 is 14.8 Å². The molecule has 1 aromatic carbocycles. The molecule has 6 nitrogen and oxygen atoms in total. The van der Waals surface area contributed by atoms with E-state index in [0.29, 0.717) is 36.5 Å². The van der Waals surface area contributed by atoms with Gasteiger partial charge in [0.1, 0.15) is 0 Å². The molecule has 0 saturated heterocycles. The van der Waals surface area contributed by atoms with Crippen LogP contribution in [0.3, 0.4) is 0 Å². The molecule has 26 heavy (non-hydrogen) atoms. The molecule has 140 valence electrons. The van der Waals surface area contributed by atoms with Crippen LogP contribution in [-0.4, -0.2) is 43.4 Å². The second-order valence-corrected chi connectivity index (χ2v) is 6.71. The molecule has 1 fully saturated rings. The van der Waals surface area contributed by atoms with Gasteiger partial charge in [-0.25, -0.2) is 0 Å². The Morgan fingerprint density at radius 1 is 1.23 bits per heavy atom. The highest BCUT2D eigenvalue weighted by Gasteiger charge is 2.28. The zero-order valence-corrected chi connectivity index (χ0v) is 15.6. The average molecular weight is 358 g/mol. The molecule has 1 unspecified atom stereocenters. The minimum absolute atomic E-state index is 0.126. The number of nitrogens with one attached hydrogen (secondary N) is 1. The number of rotatable bonds is 5. The van der Waals surface area contributed by atoms with Gasteiger partial charge in [0.2, 0.25) is 0 Å². The van der Waals surface area contributed by atoms with Crippen LogP contribution in [0.4, 0.5) is 0 Å². The third-order valence-corrected chi connectivity index (χ3v) is 5.10. The maximum Gasteiger partial charge on any atom is 0.253 e. The van der Waals surface area contributed by atoms with Crippen molar-refractivity contribution in [1.82, 2.24) is 10.2 Å². The van der Waals surface area contributed by atoms with E-state index >= 15 is 0 Å². The molecule has 0 radical (unpaired) electrons. The Morgan fingerprint density at radius 2 is 1.96 bits per heavy atom. The summed E-state index contributed by atoms with van der Waals surface area (Å²) < 4.78 is 10.8. The Kier molecular flexibility index (Phi) is 5.49. The van der Waals surface area contributed by atoms with Gasteiger partial charge in [0, 0.05) is 25.7 Å². The molecule has 0 aromatic heterocycles. The van der Waals surface area contributed by atoms with E-state index in [4.69, 9.17) is 9.47 Å². The number of benzene rings is 1. The molecule has 1 aliphatic carbocycles. The highest BCUT2D eigenvalue weighted by Crippen LogP contribution is 2.37. The molecule has 1 heterocycles. The van der Waals surface area contributed by atoms with Gasteiger partial charge < -0.3 is 19.7 Å². The zero-order valence-electron chi connectivity index (χ0n) is 15.6. The lowest BCUT2D eigenvalue weighted by atomic mass is 9.92. The van der Waals surface area contributed by atoms with Crippen molar-refractivity contribution in [1.29, 1.82) is 0 Å². The second kappa shape index (κ2) is 7.81. The first kappa shape index (κ1) is 18.3. The van der Waals surface area contributed by atoms with Crippen LogP contribution >= 0.6 is 0 Å². The van der Waals surface area contributed by atoms with Crippen LogP contribution in [0.1, 0.15) is 43.7 Å². The van der Waals surface area contributed by atoms with Crippen LogP contribution in [0.5, 0.6) is 11.5 Å². The number of ether oxygens (including phenoxy) is 2. The molecule has 1 atom stereocenters. The summed E-state index contributed by atoms with van der Waals surface area (Å²) in [5.74, 6) is 1.15. The summed E-state index contributed by atoms with van der Waals surface area (Å²) in [4.78, 5) is 27.1. The van der Waals surface area contributed by atoms with E-state index in [1.165, 1.54) is 0 Å². The minimum atomic E-state index is -0.377. The summed E-state index contributed by atoms with van der Waals surface area (Å²) in [7, 11) is 3.18. The van der Waals surface area contributed by atoms with Gasteiger partial charge in [-0.3, -0.25) is 9.59 Å². The molecule has 1 aliphatic heterocycles. The Hall–Kier alpha value is -2.50. The van der Waals surface area contributed by atoms with Gasteiger partial charge in [-0.15, -0.1) is 0 Å². The molecular formula is C20H26N2O4. The van der Waals surface area contributed by atoms with Crippen LogP contribution in [-0.2, 0) is 16.1 Å². The monoisotopic (exact) mass is 358 g/mol. The summed E-state index contributed by atoms with van der Waals surface area (Å²) in [6.07, 6.45) is 5.02. The predicted molar refractivity (Wildman–Crippen MR) is 99.0 cm³/mol. The first-order chi connectivity index (χ1) is 12.6. The number of Topliss-reactive ketones (excluding diaryl/α,β-unsaturated/α-hetero) is 1. The lowest BCUT2D eigenvalue weighted by Crippen LogP contribution is -2.43. The van der Waals surface area contributed by atoms with Crippen LogP contribution in [0, 0.1) is 0 Å². The van der Waals surface area contributed by atoms with Gasteiger partial charge in [0.15, 0.2) is 17.3 Å². The van der Waals surface area contributed by atoms with Gasteiger partial charge in [-0.05, 0) is 43.0 Å². The number of amides is 1. The van der Waals surface area contributed by atoms with E-state index in [9.17, 15) is 9.59 Å². The molecule has 1 saturated carbocycles. The maximum absolute atomic E-state index is 13.0. The van der Waals surface area contributed by atoms with Crippen LogP contribution in [0.25, 0.3) is 5.57 Å². The van der Waals surface area contributed by atoms with E-state index in [2.05, 4.69) is 10.2 Å². The average Bonchev–Trinajstić information content (AvgIpc) is 2.67. The van der Waals surface area contributed by atoms with Gasteiger partial charge in [0.25, 0.3) is 5.91 Å². The van der Waals surface area contributed by atoms with E-state index < -0.39 is 0 Å². The number of fused-ring (bicyclic) bond motifs is 1. The Morgan fingerprint density at radius 3 is 2.62 bits per heavy atom. The third kappa shape index (κ3) is 3.54. The van der Waals surface area contributed by atoms with E-state index in [0.717, 1.165) is 30.5 Å². The lowest BCUT2D eigenvalue weighted by Gasteiger charge is -2.29. The molecule has 2 aliphatic rings. The Balaban J connectivity index is 1.93. The van der Waals surface area contributed by atoms with Crippen LogP contribution in [0.15, 0.2) is 18.3 Å². The summed E-state index contributed by atoms with van der Waals surface area (Å²) in [5.41, 5.74) is 2.40. The van der Waals surface area contributed by atoms with Crippen molar-refractivity contribution in [2.75, 3.05) is 20.8 Å². The van der Waals surface area contributed by atoms with Gasteiger partial charge in [-0.1, -0.05) is 6.42 Å². The number of carbonyl (C=O) groups excluding carboxylic acids is 2. The molecule has 1 N–H and O–H groups in total. The highest BCUT2D eigenvalue weighted by atomic mass is 16.5. The van der Waals surface area contributed by atoms with E-state index in [1.54, 1.807) is 14.2 Å². The Labute approximate surface area is 154 Å². The molecule has 6 heteroatoms. The van der Waals surface area contributed by atoms with Crippen molar-refractivity contribution < 1.29 is 19.1 Å². The normalized spacial score (nSPS) is 19.5. The molecule has 3 rings (SSSR count). The SMILES string of the molecule is CCN1C=C(C(=O)NC2CCCCC2=O)c2cc(OC)c(OC)cc2C1. The molecule has 0 spiro atoms. The van der Waals surface area contributed by atoms with Crippen molar-refractivity contribution in [2.24, 2.45) is 0 Å². The second-order valence-electron chi connectivity index (χ2n) is 6.71. The summed E-state index contributed by atoms with van der Waals surface area (Å²) in [6, 6.07) is 3.38. The molecule has 0 bridgehead atoms. The highest BCUT2D eigenvalue weighted by molar-refractivity contribution is 6.21. The number of carbonyl (C=O) groups is 2. The quantitative estimate of drug-likeness (QED) is 0.876. The summed E-state index contributed by atoms with van der Waals surface area (Å²) in [5, 5.41) is 2.93. The molecular weight excluding hydrogens is 332 g/mol. The minimum Gasteiger partial charge on any atom is -0.493 e. The number of nitrogens with zero attached hydrogens (tertiary/aromatic N) is 1.